The number of halogens is 3. The van der Waals surface area contributed by atoms with Crippen LogP contribution < -0.4 is 19.1 Å². The number of fused-ring (bicyclic) bond motifs is 1. The van der Waals surface area contributed by atoms with Crippen LogP contribution in [0.5, 0.6) is 17.5 Å². The van der Waals surface area contributed by atoms with Gasteiger partial charge in [-0.15, -0.1) is 0 Å². The first kappa shape index (κ1) is 30.0. The molecule has 0 spiro atoms. The van der Waals surface area contributed by atoms with Gasteiger partial charge in [-0.05, 0) is 77.4 Å². The molecule has 0 N–H and O–H groups in total. The molecule has 4 aromatic rings. The van der Waals surface area contributed by atoms with Crippen molar-refractivity contribution in [2.45, 2.75) is 44.7 Å². The third-order valence-corrected chi connectivity index (χ3v) is 7.86. The molecule has 3 heterocycles. The van der Waals surface area contributed by atoms with E-state index in [-0.39, 0.29) is 24.5 Å². The lowest BCUT2D eigenvalue weighted by molar-refractivity contribution is -0.389. The van der Waals surface area contributed by atoms with Crippen LogP contribution in [-0.2, 0) is 25.7 Å². The van der Waals surface area contributed by atoms with E-state index in [2.05, 4.69) is 16.0 Å². The van der Waals surface area contributed by atoms with Crippen LogP contribution in [0.15, 0.2) is 90.6 Å². The standard InChI is InChI=1S/C33H31F3N4O5/c34-33(35,36)26-5-1-25(2-6-26)21-43-28-9-3-23(4-10-28)19-24-13-16-38(17-14-24)27-7-11-29(12-8-27)44-22-30-15-18-39-20-31(40(41)42)37-32(39)45-30/h1-13,20,30H,14-19,21-22H2. The van der Waals surface area contributed by atoms with Crippen molar-refractivity contribution in [2.75, 3.05) is 24.6 Å². The molecule has 0 saturated carbocycles. The van der Waals surface area contributed by atoms with E-state index in [0.717, 1.165) is 49.5 Å². The Balaban J connectivity index is 0.939. The number of nitrogens with zero attached hydrogens (tertiary/aromatic N) is 4. The van der Waals surface area contributed by atoms with Gasteiger partial charge in [0.05, 0.1) is 5.56 Å². The SMILES string of the molecule is O=[N+]([O-])c1cn2c(n1)OC(COc1ccc(N3CC=C(Cc4ccc(OCc5ccc(C(F)(F)F)cc5)cc4)CC3)cc1)CC2. The van der Waals surface area contributed by atoms with Crippen LogP contribution in [0.25, 0.3) is 0 Å². The largest absolute Gasteiger partial charge is 0.490 e. The molecular weight excluding hydrogens is 589 g/mol. The van der Waals surface area contributed by atoms with Gasteiger partial charge in [-0.2, -0.15) is 13.2 Å². The van der Waals surface area contributed by atoms with Gasteiger partial charge in [0.2, 0.25) is 0 Å². The Morgan fingerprint density at radius 1 is 0.933 bits per heavy atom. The predicted octanol–water partition coefficient (Wildman–Crippen LogP) is 7.00. The third-order valence-electron chi connectivity index (χ3n) is 7.86. The van der Waals surface area contributed by atoms with Crippen LogP contribution in [0.3, 0.4) is 0 Å². The molecule has 0 bridgehead atoms. The predicted molar refractivity (Wildman–Crippen MR) is 161 cm³/mol. The molecule has 0 amide bonds. The summed E-state index contributed by atoms with van der Waals surface area (Å²) in [5, 5.41) is 11.0. The molecule has 1 unspecified atom stereocenters. The minimum Gasteiger partial charge on any atom is -0.490 e. The van der Waals surface area contributed by atoms with Gasteiger partial charge in [0.1, 0.15) is 37.0 Å². The van der Waals surface area contributed by atoms with Gasteiger partial charge < -0.3 is 29.2 Å². The highest BCUT2D eigenvalue weighted by molar-refractivity contribution is 5.51. The van der Waals surface area contributed by atoms with Gasteiger partial charge in [0.25, 0.3) is 0 Å². The van der Waals surface area contributed by atoms with E-state index in [9.17, 15) is 23.3 Å². The van der Waals surface area contributed by atoms with Crippen LogP contribution >= 0.6 is 0 Å². The summed E-state index contributed by atoms with van der Waals surface area (Å²) in [7, 11) is 0. The molecule has 3 aromatic carbocycles. The van der Waals surface area contributed by atoms with Crippen molar-refractivity contribution in [3.63, 3.8) is 0 Å². The van der Waals surface area contributed by atoms with Crippen molar-refractivity contribution >= 4 is 11.5 Å². The molecule has 0 aliphatic carbocycles. The normalized spacial score (nSPS) is 16.4. The zero-order valence-electron chi connectivity index (χ0n) is 24.3. The Bertz CT molecular complexity index is 1650. The number of anilines is 1. The second kappa shape index (κ2) is 12.9. The monoisotopic (exact) mass is 620 g/mol. The quantitative estimate of drug-likeness (QED) is 0.107. The second-order valence-electron chi connectivity index (χ2n) is 11.0. The molecule has 0 saturated heterocycles. The molecule has 0 radical (unpaired) electrons. The van der Waals surface area contributed by atoms with Crippen LogP contribution in [0.2, 0.25) is 0 Å². The van der Waals surface area contributed by atoms with Crippen molar-refractivity contribution in [2.24, 2.45) is 0 Å². The zero-order chi connectivity index (χ0) is 31.4. The first-order chi connectivity index (χ1) is 21.7. The average molecular weight is 621 g/mol. The van der Waals surface area contributed by atoms with Crippen molar-refractivity contribution in [3.8, 4) is 17.5 Å². The molecule has 2 aliphatic rings. The van der Waals surface area contributed by atoms with Crippen molar-refractivity contribution in [3.05, 3.63) is 117 Å². The van der Waals surface area contributed by atoms with Crippen LogP contribution in [0, 0.1) is 10.1 Å². The van der Waals surface area contributed by atoms with E-state index in [1.807, 2.05) is 48.5 Å². The second-order valence-corrected chi connectivity index (χ2v) is 11.0. The lowest BCUT2D eigenvalue weighted by Gasteiger charge is -2.29. The van der Waals surface area contributed by atoms with Gasteiger partial charge in [-0.25, -0.2) is 0 Å². The van der Waals surface area contributed by atoms with E-state index in [1.165, 1.54) is 29.5 Å². The maximum atomic E-state index is 12.7. The van der Waals surface area contributed by atoms with Crippen molar-refractivity contribution in [1.82, 2.24) is 9.55 Å². The van der Waals surface area contributed by atoms with E-state index in [4.69, 9.17) is 14.2 Å². The molecule has 12 heteroatoms. The summed E-state index contributed by atoms with van der Waals surface area (Å²) in [6.07, 6.45) is 1.52. The fourth-order valence-corrected chi connectivity index (χ4v) is 5.31. The number of hydrogen-bond acceptors (Lipinski definition) is 7. The molecule has 9 nitrogen and oxygen atoms in total. The number of rotatable bonds is 10. The summed E-state index contributed by atoms with van der Waals surface area (Å²) < 4.78 is 57.3. The Hall–Kier alpha value is -5.00. The Labute approximate surface area is 257 Å². The summed E-state index contributed by atoms with van der Waals surface area (Å²) in [4.78, 5) is 16.6. The number of imidazole rings is 1. The van der Waals surface area contributed by atoms with Gasteiger partial charge in [0.15, 0.2) is 0 Å². The summed E-state index contributed by atoms with van der Waals surface area (Å²) >= 11 is 0. The number of ether oxygens (including phenoxy) is 3. The first-order valence-electron chi connectivity index (χ1n) is 14.6. The molecule has 45 heavy (non-hydrogen) atoms. The van der Waals surface area contributed by atoms with Gasteiger partial charge in [-0.1, -0.05) is 35.9 Å². The van der Waals surface area contributed by atoms with Gasteiger partial charge >= 0.3 is 18.0 Å². The fourth-order valence-electron chi connectivity index (χ4n) is 5.31. The number of hydrogen-bond donors (Lipinski definition) is 0. The molecule has 234 valence electrons. The smallest absolute Gasteiger partial charge is 0.416 e. The number of nitro groups is 1. The highest BCUT2D eigenvalue weighted by atomic mass is 19.4. The lowest BCUT2D eigenvalue weighted by atomic mass is 9.99. The maximum absolute atomic E-state index is 12.7. The summed E-state index contributed by atoms with van der Waals surface area (Å²) in [5.74, 6) is 1.17. The highest BCUT2D eigenvalue weighted by Gasteiger charge is 2.30. The van der Waals surface area contributed by atoms with E-state index < -0.39 is 16.7 Å². The molecule has 1 aromatic heterocycles. The number of benzene rings is 3. The summed E-state index contributed by atoms with van der Waals surface area (Å²) in [6, 6.07) is 21.0. The minimum atomic E-state index is -4.35. The van der Waals surface area contributed by atoms with E-state index in [1.54, 1.807) is 4.57 Å². The number of aryl methyl sites for hydroxylation is 1. The Morgan fingerprint density at radius 3 is 2.29 bits per heavy atom. The van der Waals surface area contributed by atoms with Crippen molar-refractivity contribution < 1.29 is 32.3 Å². The van der Waals surface area contributed by atoms with E-state index in [0.29, 0.717) is 30.9 Å². The van der Waals surface area contributed by atoms with E-state index >= 15 is 0 Å². The minimum absolute atomic E-state index is 0.196. The highest BCUT2D eigenvalue weighted by Crippen LogP contribution is 2.30. The summed E-state index contributed by atoms with van der Waals surface area (Å²) in [5.41, 5.74) is 3.64. The molecule has 2 aliphatic heterocycles. The van der Waals surface area contributed by atoms with Gasteiger partial charge in [-0.3, -0.25) is 4.57 Å². The van der Waals surface area contributed by atoms with Crippen LogP contribution in [-0.4, -0.2) is 40.3 Å². The molecular formula is C33H31F3N4O5. The summed E-state index contributed by atoms with van der Waals surface area (Å²) in [6.45, 7) is 2.81. The Kier molecular flexibility index (Phi) is 8.63. The lowest BCUT2D eigenvalue weighted by Crippen LogP contribution is -2.31. The third kappa shape index (κ3) is 7.57. The Morgan fingerprint density at radius 2 is 1.62 bits per heavy atom. The average Bonchev–Trinajstić information content (AvgIpc) is 3.48. The molecule has 0 fully saturated rings. The van der Waals surface area contributed by atoms with Gasteiger partial charge in [0, 0.05) is 36.7 Å². The number of alkyl halides is 3. The topological polar surface area (TPSA) is 91.9 Å². The maximum Gasteiger partial charge on any atom is 0.416 e. The van der Waals surface area contributed by atoms with Crippen molar-refractivity contribution in [1.29, 1.82) is 0 Å². The van der Waals surface area contributed by atoms with Crippen LogP contribution in [0.4, 0.5) is 24.7 Å². The molecule has 6 rings (SSSR count). The number of aromatic nitrogens is 2. The molecule has 1 atom stereocenters. The first-order valence-corrected chi connectivity index (χ1v) is 14.6. The zero-order valence-corrected chi connectivity index (χ0v) is 24.3. The van der Waals surface area contributed by atoms with Crippen LogP contribution in [0.1, 0.15) is 29.5 Å². The fraction of sp³-hybridized carbons (Fsp3) is 0.303.